The monoisotopic (exact) mass is 350 g/mol. The molecule has 3 rings (SSSR count). The van der Waals surface area contributed by atoms with Crippen LogP contribution in [0.5, 0.6) is 5.75 Å². The van der Waals surface area contributed by atoms with Crippen LogP contribution in [0.2, 0.25) is 5.02 Å². The van der Waals surface area contributed by atoms with Crippen LogP contribution in [0.25, 0.3) is 0 Å². The number of rotatable bonds is 4. The largest absolute Gasteiger partial charge is 0.482 e. The maximum atomic E-state index is 12.7. The minimum absolute atomic E-state index is 0.0898. The van der Waals surface area contributed by atoms with Gasteiger partial charge in [0.1, 0.15) is 11.8 Å². The van der Waals surface area contributed by atoms with Gasteiger partial charge in [-0.3, -0.25) is 9.59 Å². The van der Waals surface area contributed by atoms with Crippen molar-refractivity contribution >= 4 is 23.4 Å². The second-order valence-corrected chi connectivity index (χ2v) is 6.76. The Kier molecular flexibility index (Phi) is 5.61. The molecule has 2 amide bonds. The fraction of sp³-hybridized carbons (Fsp3) is 0.556. The third kappa shape index (κ3) is 3.83. The van der Waals surface area contributed by atoms with Crippen molar-refractivity contribution < 1.29 is 14.3 Å². The minimum atomic E-state index is -0.334. The van der Waals surface area contributed by atoms with Gasteiger partial charge in [-0.2, -0.15) is 0 Å². The summed E-state index contributed by atoms with van der Waals surface area (Å²) in [6, 6.07) is 6.75. The highest BCUT2D eigenvalue weighted by atomic mass is 35.5. The Morgan fingerprint density at radius 1 is 1.08 bits per heavy atom. The number of para-hydroxylation sites is 1. The molecule has 2 aliphatic rings. The molecule has 2 fully saturated rings. The summed E-state index contributed by atoms with van der Waals surface area (Å²) in [5.41, 5.74) is 0. The van der Waals surface area contributed by atoms with Gasteiger partial charge in [-0.05, 0) is 44.2 Å². The highest BCUT2D eigenvalue weighted by molar-refractivity contribution is 6.32. The molecule has 0 radical (unpaired) electrons. The number of benzene rings is 1. The minimum Gasteiger partial charge on any atom is -0.482 e. The molecule has 1 aromatic rings. The van der Waals surface area contributed by atoms with Crippen LogP contribution < -0.4 is 4.74 Å². The van der Waals surface area contributed by atoms with Crippen LogP contribution in [0.15, 0.2) is 24.3 Å². The van der Waals surface area contributed by atoms with E-state index >= 15 is 0 Å². The van der Waals surface area contributed by atoms with Gasteiger partial charge in [-0.1, -0.05) is 23.7 Å². The summed E-state index contributed by atoms with van der Waals surface area (Å²) in [6.45, 7) is 2.16. The molecule has 2 heterocycles. The van der Waals surface area contributed by atoms with Crippen molar-refractivity contribution in [2.45, 2.75) is 38.1 Å². The maximum Gasteiger partial charge on any atom is 0.261 e. The smallest absolute Gasteiger partial charge is 0.261 e. The Morgan fingerprint density at radius 2 is 1.79 bits per heavy atom. The normalized spacial score (nSPS) is 21.0. The van der Waals surface area contributed by atoms with Gasteiger partial charge in [-0.25, -0.2) is 0 Å². The third-order valence-corrected chi connectivity index (χ3v) is 5.03. The van der Waals surface area contributed by atoms with Crippen molar-refractivity contribution in [2.24, 2.45) is 0 Å². The SMILES string of the molecule is O=C(C1CCCCN1C(=O)COc1ccccc1Cl)N1CCCC1. The van der Waals surface area contributed by atoms with Gasteiger partial charge >= 0.3 is 0 Å². The van der Waals surface area contributed by atoms with Crippen molar-refractivity contribution in [1.82, 2.24) is 9.80 Å². The van der Waals surface area contributed by atoms with E-state index in [9.17, 15) is 9.59 Å². The van der Waals surface area contributed by atoms with Crippen LogP contribution in [0.4, 0.5) is 0 Å². The summed E-state index contributed by atoms with van der Waals surface area (Å²) in [5.74, 6) is 0.442. The molecule has 1 unspecified atom stereocenters. The molecule has 0 N–H and O–H groups in total. The lowest BCUT2D eigenvalue weighted by Crippen LogP contribution is -2.53. The molecular weight excluding hydrogens is 328 g/mol. The van der Waals surface area contributed by atoms with Crippen LogP contribution in [-0.4, -0.2) is 53.9 Å². The van der Waals surface area contributed by atoms with Crippen molar-refractivity contribution in [1.29, 1.82) is 0 Å². The van der Waals surface area contributed by atoms with Gasteiger partial charge in [0.2, 0.25) is 5.91 Å². The Labute approximate surface area is 147 Å². The van der Waals surface area contributed by atoms with E-state index in [1.54, 1.807) is 17.0 Å². The van der Waals surface area contributed by atoms with E-state index in [0.717, 1.165) is 45.2 Å². The first-order valence-corrected chi connectivity index (χ1v) is 9.00. The Hall–Kier alpha value is -1.75. The number of likely N-dealkylation sites (tertiary alicyclic amines) is 2. The van der Waals surface area contributed by atoms with E-state index in [1.807, 2.05) is 17.0 Å². The van der Waals surface area contributed by atoms with Crippen LogP contribution in [0.1, 0.15) is 32.1 Å². The average molecular weight is 351 g/mol. The first-order chi connectivity index (χ1) is 11.7. The molecule has 130 valence electrons. The maximum absolute atomic E-state index is 12.7. The summed E-state index contributed by atoms with van der Waals surface area (Å²) in [4.78, 5) is 28.9. The predicted octanol–water partition coefficient (Wildman–Crippen LogP) is 2.72. The van der Waals surface area contributed by atoms with Gasteiger partial charge in [0.15, 0.2) is 6.61 Å². The number of hydrogen-bond acceptors (Lipinski definition) is 3. The lowest BCUT2D eigenvalue weighted by Gasteiger charge is -2.36. The predicted molar refractivity (Wildman–Crippen MR) is 92.1 cm³/mol. The first kappa shape index (κ1) is 17.1. The molecule has 6 heteroatoms. The molecule has 1 atom stereocenters. The lowest BCUT2D eigenvalue weighted by atomic mass is 10.0. The highest BCUT2D eigenvalue weighted by Gasteiger charge is 2.35. The number of halogens is 1. The van der Waals surface area contributed by atoms with Crippen LogP contribution in [0.3, 0.4) is 0 Å². The summed E-state index contributed by atoms with van der Waals surface area (Å²) in [7, 11) is 0. The number of piperidine rings is 1. The van der Waals surface area contributed by atoms with Gasteiger partial charge in [0, 0.05) is 19.6 Å². The number of carbonyl (C=O) groups is 2. The lowest BCUT2D eigenvalue weighted by molar-refractivity contribution is -0.148. The second kappa shape index (κ2) is 7.88. The summed E-state index contributed by atoms with van der Waals surface area (Å²) >= 11 is 6.05. The molecule has 0 aromatic heterocycles. The molecule has 2 saturated heterocycles. The number of amides is 2. The molecule has 5 nitrogen and oxygen atoms in total. The van der Waals surface area contributed by atoms with Crippen molar-refractivity contribution in [2.75, 3.05) is 26.2 Å². The van der Waals surface area contributed by atoms with Gasteiger partial charge < -0.3 is 14.5 Å². The quantitative estimate of drug-likeness (QED) is 0.839. The molecule has 24 heavy (non-hydrogen) atoms. The van der Waals surface area contributed by atoms with E-state index in [1.165, 1.54) is 0 Å². The van der Waals surface area contributed by atoms with Crippen LogP contribution >= 0.6 is 11.6 Å². The zero-order valence-electron chi connectivity index (χ0n) is 13.7. The van der Waals surface area contributed by atoms with Crippen molar-refractivity contribution in [3.05, 3.63) is 29.3 Å². The van der Waals surface area contributed by atoms with Crippen molar-refractivity contribution in [3.8, 4) is 5.75 Å². The van der Waals surface area contributed by atoms with Gasteiger partial charge in [-0.15, -0.1) is 0 Å². The van der Waals surface area contributed by atoms with E-state index in [0.29, 0.717) is 17.3 Å². The first-order valence-electron chi connectivity index (χ1n) is 8.62. The topological polar surface area (TPSA) is 49.9 Å². The molecule has 0 aliphatic carbocycles. The van der Waals surface area contributed by atoms with E-state index in [2.05, 4.69) is 0 Å². The standard InChI is InChI=1S/C18H23ClN2O3/c19-14-7-1-2-9-16(14)24-13-17(22)21-12-4-3-8-15(21)18(23)20-10-5-6-11-20/h1-2,7,9,15H,3-6,8,10-13H2. The van der Waals surface area contributed by atoms with Crippen molar-refractivity contribution in [3.63, 3.8) is 0 Å². The molecule has 2 aliphatic heterocycles. The fourth-order valence-corrected chi connectivity index (χ4v) is 3.61. The average Bonchev–Trinajstić information content (AvgIpc) is 3.15. The fourth-order valence-electron chi connectivity index (χ4n) is 3.42. The Morgan fingerprint density at radius 3 is 2.54 bits per heavy atom. The molecule has 0 saturated carbocycles. The molecule has 0 bridgehead atoms. The zero-order valence-corrected chi connectivity index (χ0v) is 14.5. The van der Waals surface area contributed by atoms with Gasteiger partial charge in [0.05, 0.1) is 5.02 Å². The van der Waals surface area contributed by atoms with Gasteiger partial charge in [0.25, 0.3) is 5.91 Å². The Bertz CT molecular complexity index is 602. The third-order valence-electron chi connectivity index (χ3n) is 4.71. The van der Waals surface area contributed by atoms with E-state index in [4.69, 9.17) is 16.3 Å². The summed E-state index contributed by atoms with van der Waals surface area (Å²) in [5, 5.41) is 0.480. The van der Waals surface area contributed by atoms with E-state index in [-0.39, 0.29) is 24.5 Å². The molecule has 1 aromatic carbocycles. The number of nitrogens with zero attached hydrogens (tertiary/aromatic N) is 2. The molecular formula is C18H23ClN2O3. The molecule has 0 spiro atoms. The van der Waals surface area contributed by atoms with E-state index < -0.39 is 0 Å². The second-order valence-electron chi connectivity index (χ2n) is 6.35. The van der Waals surface area contributed by atoms with Crippen LogP contribution in [0, 0.1) is 0 Å². The summed E-state index contributed by atoms with van der Waals surface area (Å²) in [6.07, 6.45) is 4.78. The Balaban J connectivity index is 1.62. The number of ether oxygens (including phenoxy) is 1. The number of hydrogen-bond donors (Lipinski definition) is 0. The highest BCUT2D eigenvalue weighted by Crippen LogP contribution is 2.24. The zero-order chi connectivity index (χ0) is 16.9. The summed E-state index contributed by atoms with van der Waals surface area (Å²) < 4.78 is 5.56. The number of carbonyl (C=O) groups excluding carboxylic acids is 2. The van der Waals surface area contributed by atoms with Crippen LogP contribution in [-0.2, 0) is 9.59 Å².